The molecular weight excluding hydrogens is 494 g/mol. The molecule has 0 unspecified atom stereocenters. The van der Waals surface area contributed by atoms with Gasteiger partial charge in [-0.1, -0.05) is 71.5 Å². The molecule has 0 radical (unpaired) electrons. The number of nitrogens with zero attached hydrogens (tertiary/aromatic N) is 3. The van der Waals surface area contributed by atoms with E-state index in [1.54, 1.807) is 18.2 Å². The third-order valence-corrected chi connectivity index (χ3v) is 7.08. The minimum atomic E-state index is -0.387. The number of hydrogen-bond donors (Lipinski definition) is 0. The van der Waals surface area contributed by atoms with E-state index in [1.165, 1.54) is 29.6 Å². The highest BCUT2D eigenvalue weighted by Gasteiger charge is 2.14. The predicted molar refractivity (Wildman–Crippen MR) is 132 cm³/mol. The largest absolute Gasteiger partial charge is 0.431 e. The molecule has 6 aromatic rings. The van der Waals surface area contributed by atoms with E-state index in [1.807, 2.05) is 36.4 Å². The van der Waals surface area contributed by atoms with E-state index in [0.717, 1.165) is 21.7 Å². The van der Waals surface area contributed by atoms with Crippen molar-refractivity contribution < 1.29 is 13.3 Å². The van der Waals surface area contributed by atoms with E-state index in [-0.39, 0.29) is 5.63 Å². The molecule has 0 atom stereocenters. The summed E-state index contributed by atoms with van der Waals surface area (Å²) in [5.41, 5.74) is 2.41. The van der Waals surface area contributed by atoms with Crippen molar-refractivity contribution in [1.29, 1.82) is 0 Å². The van der Waals surface area contributed by atoms with Crippen LogP contribution in [-0.2, 0) is 11.5 Å². The van der Waals surface area contributed by atoms with Crippen LogP contribution in [0.1, 0.15) is 11.5 Å². The van der Waals surface area contributed by atoms with E-state index in [0.29, 0.717) is 49.5 Å². The van der Waals surface area contributed by atoms with E-state index in [4.69, 9.17) is 24.9 Å². The number of rotatable bonds is 6. The smallest absolute Gasteiger partial charge is 0.336 e. The first kappa shape index (κ1) is 21.3. The fraction of sp³-hybridized carbons (Fsp3) is 0.0833. The molecule has 0 N–H and O–H groups in total. The van der Waals surface area contributed by atoms with E-state index < -0.39 is 0 Å². The van der Waals surface area contributed by atoms with E-state index in [9.17, 15) is 4.79 Å². The lowest BCUT2D eigenvalue weighted by Crippen LogP contribution is -2.00. The van der Waals surface area contributed by atoms with Crippen molar-refractivity contribution in [3.05, 3.63) is 87.6 Å². The quantitative estimate of drug-likeness (QED) is 0.138. The van der Waals surface area contributed by atoms with Gasteiger partial charge in [0.15, 0.2) is 5.58 Å². The van der Waals surface area contributed by atoms with Gasteiger partial charge in [-0.05, 0) is 29.1 Å². The summed E-state index contributed by atoms with van der Waals surface area (Å²) in [5, 5.41) is 12.5. The number of thioether (sulfide) groups is 2. The van der Waals surface area contributed by atoms with Gasteiger partial charge in [0, 0.05) is 27.6 Å². The number of aromatic nitrogens is 3. The first-order valence-corrected chi connectivity index (χ1v) is 12.6. The Balaban J connectivity index is 1.17. The molecule has 7 nitrogen and oxygen atoms in total. The molecular formula is C24H14ClN3O4S2. The van der Waals surface area contributed by atoms with Gasteiger partial charge in [-0.3, -0.25) is 0 Å². The van der Waals surface area contributed by atoms with Gasteiger partial charge in [0.1, 0.15) is 11.1 Å². The molecule has 0 aliphatic heterocycles. The molecule has 0 saturated carbocycles. The van der Waals surface area contributed by atoms with Crippen molar-refractivity contribution in [2.75, 3.05) is 0 Å². The Hall–Kier alpha value is -3.27. The summed E-state index contributed by atoms with van der Waals surface area (Å²) in [7, 11) is 0. The third-order valence-electron chi connectivity index (χ3n) is 5.17. The van der Waals surface area contributed by atoms with Crippen LogP contribution in [0.2, 0.25) is 5.02 Å². The van der Waals surface area contributed by atoms with Crippen molar-refractivity contribution in [3.8, 4) is 0 Å². The van der Waals surface area contributed by atoms with Crippen LogP contribution in [0.4, 0.5) is 0 Å². The second-order valence-electron chi connectivity index (χ2n) is 7.38. The van der Waals surface area contributed by atoms with Crippen LogP contribution in [0, 0.1) is 0 Å². The maximum atomic E-state index is 12.2. The summed E-state index contributed by atoms with van der Waals surface area (Å²) < 4.78 is 17.0. The lowest BCUT2D eigenvalue weighted by Gasteiger charge is -2.06. The molecule has 0 amide bonds. The zero-order chi connectivity index (χ0) is 23.1. The molecule has 0 fully saturated rings. The second-order valence-corrected chi connectivity index (χ2v) is 9.67. The van der Waals surface area contributed by atoms with Crippen LogP contribution < -0.4 is 5.63 Å². The zero-order valence-electron chi connectivity index (χ0n) is 17.4. The summed E-state index contributed by atoms with van der Waals surface area (Å²) in [4.78, 5) is 16.6. The summed E-state index contributed by atoms with van der Waals surface area (Å²) >= 11 is 8.72. The summed E-state index contributed by atoms with van der Waals surface area (Å²) in [5.74, 6) is 1.36. The van der Waals surface area contributed by atoms with Crippen LogP contribution in [-0.4, -0.2) is 15.2 Å². The third kappa shape index (κ3) is 4.18. The molecule has 0 bridgehead atoms. The number of fused-ring (bicyclic) bond motifs is 4. The fourth-order valence-electron chi connectivity index (χ4n) is 3.63. The first-order valence-electron chi connectivity index (χ1n) is 10.2. The minimum Gasteiger partial charge on any atom is -0.431 e. The van der Waals surface area contributed by atoms with Gasteiger partial charge in [-0.2, -0.15) is 0 Å². The number of oxazole rings is 1. The Morgan fingerprint density at radius 1 is 0.824 bits per heavy atom. The number of halogens is 1. The van der Waals surface area contributed by atoms with Gasteiger partial charge >= 0.3 is 5.63 Å². The Morgan fingerprint density at radius 3 is 2.65 bits per heavy atom. The lowest BCUT2D eigenvalue weighted by atomic mass is 10.0. The van der Waals surface area contributed by atoms with Gasteiger partial charge < -0.3 is 13.3 Å². The summed E-state index contributed by atoms with van der Waals surface area (Å²) in [6.07, 6.45) is 0. The molecule has 6 rings (SSSR count). The molecule has 0 aliphatic rings. The van der Waals surface area contributed by atoms with Gasteiger partial charge in [-0.25, -0.2) is 9.78 Å². The Labute approximate surface area is 205 Å². The van der Waals surface area contributed by atoms with Crippen LogP contribution in [0.25, 0.3) is 32.8 Å². The van der Waals surface area contributed by atoms with Gasteiger partial charge in [-0.15, -0.1) is 10.2 Å². The second kappa shape index (κ2) is 8.83. The number of benzene rings is 3. The van der Waals surface area contributed by atoms with Crippen LogP contribution in [0.5, 0.6) is 0 Å². The van der Waals surface area contributed by atoms with Crippen LogP contribution in [0.3, 0.4) is 0 Å². The molecule has 10 heteroatoms. The standard InChI is InChI=1S/C24H14ClN3O4S2/c25-15-6-8-19-18(10-15)26-23(30-19)34-12-20-27-28-24(31-20)33-11-14-9-21(29)32-22-16-4-2-1-3-13(16)5-7-17(14)22/h1-10H,11-12H2. The Bertz CT molecular complexity index is 1730. The maximum Gasteiger partial charge on any atom is 0.336 e. The molecule has 3 aromatic carbocycles. The average molecular weight is 508 g/mol. The normalized spacial score (nSPS) is 11.7. The SMILES string of the molecule is O=c1cc(CSc2nnc(CSc3nc4cc(Cl)ccc4o3)o2)c2ccc3ccccc3c2o1. The fourth-order valence-corrected chi connectivity index (χ4v) is 5.25. The zero-order valence-corrected chi connectivity index (χ0v) is 19.7. The lowest BCUT2D eigenvalue weighted by molar-refractivity contribution is 0.425. The predicted octanol–water partition coefficient (Wildman–Crippen LogP) is 6.71. The molecule has 34 heavy (non-hydrogen) atoms. The highest BCUT2D eigenvalue weighted by atomic mass is 35.5. The highest BCUT2D eigenvalue weighted by molar-refractivity contribution is 7.98. The maximum absolute atomic E-state index is 12.2. The molecule has 0 saturated heterocycles. The van der Waals surface area contributed by atoms with Crippen molar-refractivity contribution in [2.45, 2.75) is 22.0 Å². The Kier molecular flexibility index (Phi) is 5.52. The topological polar surface area (TPSA) is 95.2 Å². The minimum absolute atomic E-state index is 0.387. The van der Waals surface area contributed by atoms with Crippen molar-refractivity contribution >= 4 is 68.0 Å². The molecule has 0 spiro atoms. The van der Waals surface area contributed by atoms with Crippen molar-refractivity contribution in [3.63, 3.8) is 0 Å². The molecule has 3 heterocycles. The Morgan fingerprint density at radius 2 is 1.71 bits per heavy atom. The molecule has 168 valence electrons. The van der Waals surface area contributed by atoms with E-state index in [2.05, 4.69) is 15.2 Å². The van der Waals surface area contributed by atoms with Crippen LogP contribution >= 0.6 is 35.1 Å². The monoisotopic (exact) mass is 507 g/mol. The summed E-state index contributed by atoms with van der Waals surface area (Å²) in [6, 6.07) is 18.6. The highest BCUT2D eigenvalue weighted by Crippen LogP contribution is 2.31. The van der Waals surface area contributed by atoms with Gasteiger partial charge in [0.2, 0.25) is 5.89 Å². The average Bonchev–Trinajstić information content (AvgIpc) is 3.47. The van der Waals surface area contributed by atoms with Crippen molar-refractivity contribution in [2.24, 2.45) is 0 Å². The van der Waals surface area contributed by atoms with Gasteiger partial charge in [0.25, 0.3) is 10.4 Å². The first-order chi connectivity index (χ1) is 16.6. The molecule has 3 aromatic heterocycles. The molecule has 0 aliphatic carbocycles. The van der Waals surface area contributed by atoms with Crippen molar-refractivity contribution in [1.82, 2.24) is 15.2 Å². The number of hydrogen-bond acceptors (Lipinski definition) is 9. The van der Waals surface area contributed by atoms with Gasteiger partial charge in [0.05, 0.1) is 5.75 Å². The summed E-state index contributed by atoms with van der Waals surface area (Å²) in [6.45, 7) is 0. The van der Waals surface area contributed by atoms with E-state index >= 15 is 0 Å². The van der Waals surface area contributed by atoms with Crippen LogP contribution in [0.15, 0.2) is 89.2 Å².